The van der Waals surface area contributed by atoms with Gasteiger partial charge in [-0.05, 0) is 19.9 Å². The van der Waals surface area contributed by atoms with Gasteiger partial charge in [0.1, 0.15) is 5.69 Å². The van der Waals surface area contributed by atoms with Crippen molar-refractivity contribution in [3.63, 3.8) is 0 Å². The number of amides is 1. The van der Waals surface area contributed by atoms with Gasteiger partial charge in [0.2, 0.25) is 0 Å². The van der Waals surface area contributed by atoms with Crippen molar-refractivity contribution in [1.29, 1.82) is 0 Å². The highest BCUT2D eigenvalue weighted by atomic mass is 19.3. The van der Waals surface area contributed by atoms with Crippen LogP contribution in [-0.2, 0) is 0 Å². The lowest BCUT2D eigenvalue weighted by molar-refractivity contribution is 0.0934. The Morgan fingerprint density at radius 1 is 1.15 bits per heavy atom. The Balaban J connectivity index is 1.80. The molecule has 0 spiro atoms. The largest absolute Gasteiger partial charge is 0.443 e. The number of aromatic nitrogens is 3. The van der Waals surface area contributed by atoms with Crippen molar-refractivity contribution < 1.29 is 18.0 Å². The van der Waals surface area contributed by atoms with Crippen molar-refractivity contribution >= 4 is 5.91 Å². The lowest BCUT2D eigenvalue weighted by Crippen LogP contribution is -2.28. The van der Waals surface area contributed by atoms with E-state index >= 15 is 0 Å². The molecule has 134 valence electrons. The Hall–Kier alpha value is -3.16. The van der Waals surface area contributed by atoms with Gasteiger partial charge in [-0.2, -0.15) is 0 Å². The summed E-state index contributed by atoms with van der Waals surface area (Å²) in [6, 6.07) is 7.90. The SMILES string of the molecule is Cc1ccc(-c2ocnc2C(=O)NC(C)c2nccc(C(F)F)n2)cc1. The number of carbonyl (C=O) groups is 1. The number of oxazole rings is 1. The summed E-state index contributed by atoms with van der Waals surface area (Å²) in [5, 5.41) is 2.65. The van der Waals surface area contributed by atoms with Crippen molar-refractivity contribution in [3.05, 3.63) is 65.7 Å². The average Bonchev–Trinajstić information content (AvgIpc) is 3.12. The van der Waals surface area contributed by atoms with Crippen LogP contribution in [0.3, 0.4) is 0 Å². The van der Waals surface area contributed by atoms with E-state index in [1.807, 2.05) is 31.2 Å². The van der Waals surface area contributed by atoms with Crippen molar-refractivity contribution in [1.82, 2.24) is 20.3 Å². The van der Waals surface area contributed by atoms with Crippen LogP contribution >= 0.6 is 0 Å². The molecule has 1 atom stereocenters. The Morgan fingerprint density at radius 3 is 2.58 bits per heavy atom. The van der Waals surface area contributed by atoms with Gasteiger partial charge in [-0.25, -0.2) is 23.7 Å². The van der Waals surface area contributed by atoms with Crippen LogP contribution in [0.25, 0.3) is 11.3 Å². The molecule has 1 amide bonds. The highest BCUT2D eigenvalue weighted by Crippen LogP contribution is 2.24. The normalized spacial score (nSPS) is 12.2. The van der Waals surface area contributed by atoms with Crippen molar-refractivity contribution in [3.8, 4) is 11.3 Å². The summed E-state index contributed by atoms with van der Waals surface area (Å²) in [5.41, 5.74) is 1.49. The first-order chi connectivity index (χ1) is 12.5. The van der Waals surface area contributed by atoms with Crippen LogP contribution in [0.2, 0.25) is 0 Å². The molecule has 3 rings (SSSR count). The summed E-state index contributed by atoms with van der Waals surface area (Å²) in [4.78, 5) is 24.2. The fraction of sp³-hybridized carbons (Fsp3) is 0.222. The zero-order valence-electron chi connectivity index (χ0n) is 14.1. The van der Waals surface area contributed by atoms with Gasteiger partial charge in [0.15, 0.2) is 23.7 Å². The zero-order chi connectivity index (χ0) is 18.7. The first kappa shape index (κ1) is 17.7. The van der Waals surface area contributed by atoms with Gasteiger partial charge >= 0.3 is 0 Å². The quantitative estimate of drug-likeness (QED) is 0.749. The number of alkyl halides is 2. The molecular weight excluding hydrogens is 342 g/mol. The number of nitrogens with one attached hydrogen (secondary N) is 1. The molecule has 1 N–H and O–H groups in total. The smallest absolute Gasteiger partial charge is 0.280 e. The molecule has 8 heteroatoms. The Morgan fingerprint density at radius 2 is 1.88 bits per heavy atom. The molecule has 6 nitrogen and oxygen atoms in total. The summed E-state index contributed by atoms with van der Waals surface area (Å²) < 4.78 is 30.9. The Kier molecular flexibility index (Phi) is 5.01. The first-order valence-corrected chi connectivity index (χ1v) is 7.88. The van der Waals surface area contributed by atoms with Crippen LogP contribution in [0.4, 0.5) is 8.78 Å². The predicted octanol–water partition coefficient (Wildman–Crippen LogP) is 3.87. The molecule has 0 aliphatic rings. The van der Waals surface area contributed by atoms with Gasteiger partial charge < -0.3 is 9.73 Å². The van der Waals surface area contributed by atoms with E-state index < -0.39 is 24.1 Å². The van der Waals surface area contributed by atoms with Gasteiger partial charge in [-0.3, -0.25) is 4.79 Å². The standard InChI is InChI=1S/C18H16F2N4O2/c1-10-3-5-12(6-4-10)15-14(22-9-26-15)18(25)23-11(2)17-21-8-7-13(24-17)16(19)20/h3-9,11,16H,1-2H3,(H,23,25). The van der Waals surface area contributed by atoms with E-state index in [9.17, 15) is 13.6 Å². The van der Waals surface area contributed by atoms with Gasteiger partial charge in [0.25, 0.3) is 12.3 Å². The molecule has 0 aliphatic heterocycles. The van der Waals surface area contributed by atoms with Crippen LogP contribution in [0.1, 0.15) is 47.0 Å². The Labute approximate surface area is 148 Å². The minimum absolute atomic E-state index is 0.0940. The first-order valence-electron chi connectivity index (χ1n) is 7.88. The van der Waals surface area contributed by atoms with E-state index in [0.29, 0.717) is 11.3 Å². The van der Waals surface area contributed by atoms with Gasteiger partial charge in [0.05, 0.1) is 6.04 Å². The second-order valence-electron chi connectivity index (χ2n) is 5.73. The molecule has 0 radical (unpaired) electrons. The second-order valence-corrected chi connectivity index (χ2v) is 5.73. The van der Waals surface area contributed by atoms with Crippen LogP contribution < -0.4 is 5.32 Å². The number of rotatable bonds is 5. The van der Waals surface area contributed by atoms with E-state index in [0.717, 1.165) is 11.6 Å². The summed E-state index contributed by atoms with van der Waals surface area (Å²) in [7, 11) is 0. The number of hydrogen-bond acceptors (Lipinski definition) is 5. The maximum Gasteiger partial charge on any atom is 0.280 e. The van der Waals surface area contributed by atoms with E-state index in [4.69, 9.17) is 4.42 Å². The fourth-order valence-corrected chi connectivity index (χ4v) is 2.37. The molecule has 1 aromatic carbocycles. The third-order valence-electron chi connectivity index (χ3n) is 3.75. The maximum absolute atomic E-state index is 12.8. The highest BCUT2D eigenvalue weighted by Gasteiger charge is 2.22. The van der Waals surface area contributed by atoms with Gasteiger partial charge in [0, 0.05) is 11.8 Å². The van der Waals surface area contributed by atoms with Gasteiger partial charge in [-0.1, -0.05) is 29.8 Å². The maximum atomic E-state index is 12.8. The summed E-state index contributed by atoms with van der Waals surface area (Å²) in [6.45, 7) is 3.56. The molecule has 1 unspecified atom stereocenters. The van der Waals surface area contributed by atoms with Crippen molar-refractivity contribution in [2.24, 2.45) is 0 Å². The summed E-state index contributed by atoms with van der Waals surface area (Å²) in [5.74, 6) is -0.0821. The van der Waals surface area contributed by atoms with E-state index in [1.54, 1.807) is 6.92 Å². The number of carbonyl (C=O) groups excluding carboxylic acids is 1. The Bertz CT molecular complexity index is 910. The molecule has 3 aromatic rings. The molecule has 0 bridgehead atoms. The van der Waals surface area contributed by atoms with Crippen molar-refractivity contribution in [2.75, 3.05) is 0 Å². The third kappa shape index (κ3) is 3.74. The van der Waals surface area contributed by atoms with E-state index in [1.165, 1.54) is 12.6 Å². The molecule has 26 heavy (non-hydrogen) atoms. The molecule has 0 fully saturated rings. The molecule has 2 heterocycles. The number of aryl methyl sites for hydroxylation is 1. The lowest BCUT2D eigenvalue weighted by atomic mass is 10.1. The number of halogens is 2. The number of hydrogen-bond donors (Lipinski definition) is 1. The molecule has 0 aliphatic carbocycles. The zero-order valence-corrected chi connectivity index (χ0v) is 14.1. The van der Waals surface area contributed by atoms with Crippen LogP contribution in [-0.4, -0.2) is 20.9 Å². The average molecular weight is 358 g/mol. The van der Waals surface area contributed by atoms with Crippen LogP contribution in [0.5, 0.6) is 0 Å². The molecular formula is C18H16F2N4O2. The monoisotopic (exact) mass is 358 g/mol. The lowest BCUT2D eigenvalue weighted by Gasteiger charge is -2.13. The molecule has 0 saturated heterocycles. The van der Waals surface area contributed by atoms with E-state index in [-0.39, 0.29) is 11.5 Å². The third-order valence-corrected chi connectivity index (χ3v) is 3.75. The summed E-state index contributed by atoms with van der Waals surface area (Å²) >= 11 is 0. The minimum atomic E-state index is -2.71. The highest BCUT2D eigenvalue weighted by molar-refractivity contribution is 5.97. The van der Waals surface area contributed by atoms with Crippen LogP contribution in [0, 0.1) is 6.92 Å². The fourth-order valence-electron chi connectivity index (χ4n) is 2.37. The molecule has 0 saturated carbocycles. The number of benzene rings is 1. The summed E-state index contributed by atoms with van der Waals surface area (Å²) in [6.07, 6.45) is -0.286. The molecule has 2 aromatic heterocycles. The minimum Gasteiger partial charge on any atom is -0.443 e. The number of nitrogens with zero attached hydrogens (tertiary/aromatic N) is 3. The van der Waals surface area contributed by atoms with E-state index in [2.05, 4.69) is 20.3 Å². The predicted molar refractivity (Wildman–Crippen MR) is 89.5 cm³/mol. The second kappa shape index (κ2) is 7.38. The van der Waals surface area contributed by atoms with Gasteiger partial charge in [-0.15, -0.1) is 0 Å². The topological polar surface area (TPSA) is 80.9 Å². The van der Waals surface area contributed by atoms with Crippen molar-refractivity contribution in [2.45, 2.75) is 26.3 Å². The van der Waals surface area contributed by atoms with Crippen LogP contribution in [0.15, 0.2) is 47.3 Å².